The highest BCUT2D eigenvalue weighted by atomic mass is 15.1. The van der Waals surface area contributed by atoms with Crippen molar-refractivity contribution >= 4 is 33.9 Å². The maximum Gasteiger partial charge on any atom is 0.243 e. The molecule has 5 aromatic rings. The summed E-state index contributed by atoms with van der Waals surface area (Å²) in [6.07, 6.45) is 0. The van der Waals surface area contributed by atoms with Crippen molar-refractivity contribution in [3.63, 3.8) is 0 Å². The Labute approximate surface area is 159 Å². The molecule has 0 fully saturated rings. The van der Waals surface area contributed by atoms with Crippen LogP contribution in [0.1, 0.15) is 16.7 Å². The van der Waals surface area contributed by atoms with Gasteiger partial charge in [-0.3, -0.25) is 0 Å². The van der Waals surface area contributed by atoms with Gasteiger partial charge in [0.05, 0.1) is 12.4 Å². The molecule has 3 heteroatoms. The summed E-state index contributed by atoms with van der Waals surface area (Å²) in [5.74, 6) is 2.43. The summed E-state index contributed by atoms with van der Waals surface area (Å²) < 4.78 is 4.86. The number of hydrogen-bond donors (Lipinski definition) is 0. The highest BCUT2D eigenvalue weighted by Gasteiger charge is 2.18. The Morgan fingerprint density at radius 2 is 1.52 bits per heavy atom. The predicted octanol–water partition coefficient (Wildman–Crippen LogP) is 5.01. The third kappa shape index (κ3) is 2.28. The van der Waals surface area contributed by atoms with E-state index in [1.165, 1.54) is 49.6 Å². The maximum absolute atomic E-state index is 2.52. The Morgan fingerprint density at radius 1 is 0.852 bits per heavy atom. The van der Waals surface area contributed by atoms with Gasteiger partial charge in [0, 0.05) is 0 Å². The molecule has 0 bridgehead atoms. The van der Waals surface area contributed by atoms with Gasteiger partial charge < -0.3 is 4.31 Å². The highest BCUT2D eigenvalue weighted by Crippen LogP contribution is 2.25. The summed E-state index contributed by atoms with van der Waals surface area (Å²) in [7, 11) is 2.18. The van der Waals surface area contributed by atoms with Crippen LogP contribution >= 0.6 is 0 Å². The molecule has 132 valence electrons. The zero-order chi connectivity index (χ0) is 18.7. The van der Waals surface area contributed by atoms with Gasteiger partial charge >= 0.3 is 0 Å². The van der Waals surface area contributed by atoms with E-state index in [0.717, 1.165) is 0 Å². The Balaban J connectivity index is 2.09. The molecular weight excluding hydrogens is 327 g/mol. The fourth-order valence-corrected chi connectivity index (χ4v) is 4.89. The first-order valence-corrected chi connectivity index (χ1v) is 9.57. The number of imidazole rings is 1. The lowest BCUT2D eigenvalue weighted by Gasteiger charge is -2.21. The van der Waals surface area contributed by atoms with Gasteiger partial charge in [-0.2, -0.15) is 5.46 Å². The van der Waals surface area contributed by atoms with Crippen molar-refractivity contribution in [2.75, 3.05) is 0 Å². The molecule has 0 radical (unpaired) electrons. The van der Waals surface area contributed by atoms with Gasteiger partial charge in [0.25, 0.3) is 0 Å². The summed E-state index contributed by atoms with van der Waals surface area (Å²) in [5, 5.41) is 2.61. The summed E-state index contributed by atoms with van der Waals surface area (Å²) in [5.41, 5.74) is 9.29. The molecule has 0 atom stereocenters. The minimum absolute atomic E-state index is 0.196. The third-order valence-corrected chi connectivity index (χ3v) is 5.90. The molecule has 5 rings (SSSR count). The van der Waals surface area contributed by atoms with Crippen LogP contribution in [-0.4, -0.2) is 11.1 Å². The first-order chi connectivity index (χ1) is 13.1. The monoisotopic (exact) mass is 350 g/mol. The fraction of sp³-hybridized carbons (Fsp3) is 0.167. The van der Waals surface area contributed by atoms with Gasteiger partial charge in [-0.05, 0) is 44.4 Å². The van der Waals surface area contributed by atoms with Crippen molar-refractivity contribution in [2.24, 2.45) is 7.05 Å². The van der Waals surface area contributed by atoms with Gasteiger partial charge in [-0.1, -0.05) is 59.2 Å². The van der Waals surface area contributed by atoms with E-state index < -0.39 is 0 Å². The van der Waals surface area contributed by atoms with Crippen LogP contribution in [0, 0.1) is 20.8 Å². The van der Waals surface area contributed by atoms with Crippen molar-refractivity contribution in [2.45, 2.75) is 20.8 Å². The maximum atomic E-state index is 2.52. The number of aromatic nitrogens is 2. The van der Waals surface area contributed by atoms with E-state index in [2.05, 4.69) is 103 Å². The first kappa shape index (κ1) is 16.3. The van der Waals surface area contributed by atoms with Gasteiger partial charge in [-0.15, -0.1) is 0 Å². The van der Waals surface area contributed by atoms with E-state index in [9.17, 15) is 0 Å². The van der Waals surface area contributed by atoms with Crippen LogP contribution in [0.25, 0.3) is 32.9 Å². The van der Waals surface area contributed by atoms with Crippen LogP contribution in [0.4, 0.5) is 0 Å². The van der Waals surface area contributed by atoms with Crippen molar-refractivity contribution in [1.82, 2.24) is 4.57 Å². The van der Waals surface area contributed by atoms with Crippen molar-refractivity contribution in [3.8, 4) is 5.46 Å². The standard InChI is InChI=1S/C24H23BN2/c1-16-13-17(2)23(18(3)14-16)25-15-19-9-5-6-10-20(19)24-26(4)21-11-7-8-12-22(21)27(24)25/h5-15H,1-4H3. The zero-order valence-corrected chi connectivity index (χ0v) is 16.3. The van der Waals surface area contributed by atoms with Crippen LogP contribution in [-0.2, 0) is 7.05 Å². The van der Waals surface area contributed by atoms with Crippen LogP contribution in [0.5, 0.6) is 0 Å². The summed E-state index contributed by atoms with van der Waals surface area (Å²) in [6.45, 7) is 6.87. The second kappa shape index (κ2) is 5.78. The van der Waals surface area contributed by atoms with Crippen molar-refractivity contribution in [3.05, 3.63) is 83.3 Å². The Bertz CT molecular complexity index is 1340. The Kier molecular flexibility index (Phi) is 3.48. The molecule has 2 nitrogen and oxygen atoms in total. The highest BCUT2D eigenvalue weighted by molar-refractivity contribution is 6.58. The van der Waals surface area contributed by atoms with Crippen LogP contribution in [0.3, 0.4) is 0 Å². The lowest BCUT2D eigenvalue weighted by Crippen LogP contribution is -2.36. The average Bonchev–Trinajstić information content (AvgIpc) is 2.95. The SMILES string of the molecule is Cc1cc(C)c(-[b-]2cc3ccccc3c3n(C)c4ccccc4[n+]23)c(C)c1. The molecule has 2 aromatic heterocycles. The first-order valence-electron chi connectivity index (χ1n) is 9.57. The van der Waals surface area contributed by atoms with E-state index >= 15 is 0 Å². The number of nitrogens with zero attached hydrogens (tertiary/aromatic N) is 2. The second-order valence-electron chi connectivity index (χ2n) is 7.75. The third-order valence-electron chi connectivity index (χ3n) is 5.90. The van der Waals surface area contributed by atoms with E-state index in [0.29, 0.717) is 0 Å². The quantitative estimate of drug-likeness (QED) is 0.402. The van der Waals surface area contributed by atoms with E-state index in [-0.39, 0.29) is 6.49 Å². The molecule has 0 spiro atoms. The van der Waals surface area contributed by atoms with E-state index in [1.54, 1.807) is 0 Å². The minimum Gasteiger partial charge on any atom is -0.429 e. The zero-order valence-electron chi connectivity index (χ0n) is 16.3. The lowest BCUT2D eigenvalue weighted by atomic mass is 9.63. The summed E-state index contributed by atoms with van der Waals surface area (Å²) >= 11 is 0. The number of rotatable bonds is 1. The molecule has 0 aliphatic carbocycles. The van der Waals surface area contributed by atoms with Crippen LogP contribution in [0.15, 0.2) is 66.6 Å². The number of aryl methyl sites for hydroxylation is 4. The van der Waals surface area contributed by atoms with Gasteiger partial charge in [0.2, 0.25) is 5.65 Å². The molecular formula is C24H23BN2. The Morgan fingerprint density at radius 3 is 2.30 bits per heavy atom. The fourth-order valence-electron chi connectivity index (χ4n) is 4.89. The molecule has 0 saturated heterocycles. The molecule has 0 N–H and O–H groups in total. The Hall–Kier alpha value is -2.94. The number of hydrogen-bond acceptors (Lipinski definition) is 0. The minimum atomic E-state index is 0.196. The largest absolute Gasteiger partial charge is 0.429 e. The lowest BCUT2D eigenvalue weighted by molar-refractivity contribution is -0.418. The smallest absolute Gasteiger partial charge is 0.243 e. The molecule has 0 unspecified atom stereocenters. The van der Waals surface area contributed by atoms with Crippen LogP contribution < -0.4 is 4.31 Å². The average molecular weight is 350 g/mol. The molecule has 0 amide bonds. The van der Waals surface area contributed by atoms with Gasteiger partial charge in [0.1, 0.15) is 12.0 Å². The molecule has 2 heterocycles. The summed E-state index contributed by atoms with van der Waals surface area (Å²) in [4.78, 5) is 0. The normalized spacial score (nSPS) is 11.7. The number of fused-ring (bicyclic) bond motifs is 5. The summed E-state index contributed by atoms with van der Waals surface area (Å²) in [6, 6.07) is 22.1. The number of benzene rings is 3. The topological polar surface area (TPSA) is 9.03 Å². The van der Waals surface area contributed by atoms with Crippen molar-refractivity contribution in [1.29, 1.82) is 0 Å². The van der Waals surface area contributed by atoms with Crippen molar-refractivity contribution < 1.29 is 4.31 Å². The molecule has 0 saturated carbocycles. The van der Waals surface area contributed by atoms with Gasteiger partial charge in [0.15, 0.2) is 5.52 Å². The second-order valence-corrected chi connectivity index (χ2v) is 7.75. The predicted molar refractivity (Wildman–Crippen MR) is 115 cm³/mol. The molecule has 27 heavy (non-hydrogen) atoms. The van der Waals surface area contributed by atoms with Gasteiger partial charge in [-0.25, -0.2) is 10.5 Å². The molecule has 0 aliphatic rings. The molecule has 3 aromatic carbocycles. The van der Waals surface area contributed by atoms with Crippen LogP contribution in [0.2, 0.25) is 0 Å². The van der Waals surface area contributed by atoms with E-state index in [4.69, 9.17) is 0 Å². The number of para-hydroxylation sites is 2. The van der Waals surface area contributed by atoms with E-state index in [1.807, 2.05) is 0 Å². The molecule has 0 aliphatic heterocycles.